The van der Waals surface area contributed by atoms with E-state index in [0.717, 1.165) is 11.1 Å². The number of nitrogens with zero attached hydrogens (tertiary/aromatic N) is 2. The zero-order chi connectivity index (χ0) is 24.6. The molecule has 0 unspecified atom stereocenters. The van der Waals surface area contributed by atoms with Crippen LogP contribution in [0.4, 0.5) is 0 Å². The summed E-state index contributed by atoms with van der Waals surface area (Å²) in [5.74, 6) is -0.155. The van der Waals surface area contributed by atoms with Crippen LogP contribution in [0.2, 0.25) is 10.0 Å². The van der Waals surface area contributed by atoms with Crippen molar-refractivity contribution in [1.82, 2.24) is 9.80 Å². The van der Waals surface area contributed by atoms with Gasteiger partial charge in [0.15, 0.2) is 0 Å². The van der Waals surface area contributed by atoms with E-state index >= 15 is 0 Å². The standard InChI is InChI=1S/C28H28Cl2N2O3/c29-24-16-23(17-25(30)18-24)28(34)31-12-11-27(33)32(14-13-31)26(15-21-7-3-1-4-8-21)20-35-19-22-9-5-2-6-10-22/h1-10,16-18,26H,11-15,19-20H2/t26-/m0/s1. The fraction of sp³-hybridized carbons (Fsp3) is 0.286. The van der Waals surface area contributed by atoms with E-state index < -0.39 is 0 Å². The molecular formula is C28H28Cl2N2O3. The summed E-state index contributed by atoms with van der Waals surface area (Å²) in [6.07, 6.45) is 0.934. The van der Waals surface area contributed by atoms with Crippen molar-refractivity contribution < 1.29 is 14.3 Å². The van der Waals surface area contributed by atoms with E-state index in [1.54, 1.807) is 23.1 Å². The first-order valence-corrected chi connectivity index (χ1v) is 12.5. The van der Waals surface area contributed by atoms with Gasteiger partial charge in [-0.2, -0.15) is 0 Å². The molecule has 0 N–H and O–H groups in total. The third kappa shape index (κ3) is 7.07. The number of hydrogen-bond donors (Lipinski definition) is 0. The number of amides is 2. The van der Waals surface area contributed by atoms with Crippen LogP contribution in [0, 0.1) is 0 Å². The van der Waals surface area contributed by atoms with Crippen molar-refractivity contribution in [2.24, 2.45) is 0 Å². The zero-order valence-corrected chi connectivity index (χ0v) is 20.9. The number of hydrogen-bond acceptors (Lipinski definition) is 3. The minimum atomic E-state index is -0.177. The number of benzene rings is 3. The lowest BCUT2D eigenvalue weighted by Gasteiger charge is -2.31. The van der Waals surface area contributed by atoms with E-state index in [2.05, 4.69) is 12.1 Å². The summed E-state index contributed by atoms with van der Waals surface area (Å²) < 4.78 is 6.06. The van der Waals surface area contributed by atoms with Crippen LogP contribution in [0.3, 0.4) is 0 Å². The minimum Gasteiger partial charge on any atom is -0.375 e. The summed E-state index contributed by atoms with van der Waals surface area (Å²) in [7, 11) is 0. The van der Waals surface area contributed by atoms with Crippen LogP contribution < -0.4 is 0 Å². The van der Waals surface area contributed by atoms with E-state index in [9.17, 15) is 9.59 Å². The molecule has 35 heavy (non-hydrogen) atoms. The smallest absolute Gasteiger partial charge is 0.254 e. The lowest BCUT2D eigenvalue weighted by Crippen LogP contribution is -2.45. The molecule has 0 radical (unpaired) electrons. The van der Waals surface area contributed by atoms with Gasteiger partial charge in [0.1, 0.15) is 0 Å². The summed E-state index contributed by atoms with van der Waals surface area (Å²) in [5.41, 5.74) is 2.65. The average molecular weight is 511 g/mol. The van der Waals surface area contributed by atoms with E-state index in [1.165, 1.54) is 0 Å². The van der Waals surface area contributed by atoms with Gasteiger partial charge < -0.3 is 14.5 Å². The van der Waals surface area contributed by atoms with Gasteiger partial charge in [-0.25, -0.2) is 0 Å². The van der Waals surface area contributed by atoms with E-state index in [0.29, 0.717) is 54.9 Å². The molecule has 3 aromatic rings. The van der Waals surface area contributed by atoms with Crippen molar-refractivity contribution >= 4 is 35.0 Å². The first-order chi connectivity index (χ1) is 17.0. The molecule has 0 bridgehead atoms. The van der Waals surface area contributed by atoms with Crippen molar-refractivity contribution in [3.8, 4) is 0 Å². The Kier molecular flexibility index (Phi) is 8.80. The molecule has 2 amide bonds. The molecule has 0 aromatic heterocycles. The third-order valence-electron chi connectivity index (χ3n) is 6.10. The molecule has 4 rings (SSSR count). The molecule has 1 aliphatic heterocycles. The van der Waals surface area contributed by atoms with Gasteiger partial charge in [0.05, 0.1) is 19.3 Å². The van der Waals surface area contributed by atoms with E-state index in [-0.39, 0.29) is 24.3 Å². The molecular weight excluding hydrogens is 483 g/mol. The highest BCUT2D eigenvalue weighted by molar-refractivity contribution is 6.35. The second-order valence-electron chi connectivity index (χ2n) is 8.63. The SMILES string of the molecule is O=C(c1cc(Cl)cc(Cl)c1)N1CCC(=O)N([C@H](COCc2ccccc2)Cc2ccccc2)CC1. The Labute approximate surface area is 216 Å². The predicted molar refractivity (Wildman–Crippen MR) is 139 cm³/mol. The van der Waals surface area contributed by atoms with Crippen LogP contribution in [-0.2, 0) is 22.6 Å². The van der Waals surface area contributed by atoms with Gasteiger partial charge in [0, 0.05) is 41.7 Å². The minimum absolute atomic E-state index is 0.0219. The van der Waals surface area contributed by atoms with Gasteiger partial charge in [-0.05, 0) is 35.7 Å². The highest BCUT2D eigenvalue weighted by Gasteiger charge is 2.29. The van der Waals surface area contributed by atoms with Gasteiger partial charge in [0.2, 0.25) is 5.91 Å². The molecule has 0 saturated carbocycles. The number of ether oxygens (including phenoxy) is 1. The normalized spacial score (nSPS) is 15.1. The second-order valence-corrected chi connectivity index (χ2v) is 9.50. The molecule has 5 nitrogen and oxygen atoms in total. The van der Waals surface area contributed by atoms with Gasteiger partial charge in [0.25, 0.3) is 5.91 Å². The van der Waals surface area contributed by atoms with Crippen molar-refractivity contribution in [3.63, 3.8) is 0 Å². The van der Waals surface area contributed by atoms with Crippen LogP contribution in [0.1, 0.15) is 27.9 Å². The highest BCUT2D eigenvalue weighted by atomic mass is 35.5. The summed E-state index contributed by atoms with van der Waals surface area (Å²) in [5, 5.41) is 0.818. The van der Waals surface area contributed by atoms with Gasteiger partial charge in [-0.15, -0.1) is 0 Å². The molecule has 1 fully saturated rings. The third-order valence-corrected chi connectivity index (χ3v) is 6.54. The number of carbonyl (C=O) groups is 2. The zero-order valence-electron chi connectivity index (χ0n) is 19.4. The Bertz CT molecular complexity index is 1120. The van der Waals surface area contributed by atoms with Crippen molar-refractivity contribution in [2.45, 2.75) is 25.5 Å². The Morgan fingerprint density at radius 2 is 1.49 bits per heavy atom. The Morgan fingerprint density at radius 3 is 2.14 bits per heavy atom. The number of rotatable bonds is 8. The largest absolute Gasteiger partial charge is 0.375 e. The van der Waals surface area contributed by atoms with Gasteiger partial charge in [-0.1, -0.05) is 83.9 Å². The maximum Gasteiger partial charge on any atom is 0.254 e. The molecule has 0 spiro atoms. The first-order valence-electron chi connectivity index (χ1n) is 11.7. The molecule has 1 atom stereocenters. The predicted octanol–water partition coefficient (Wildman–Crippen LogP) is 5.50. The van der Waals surface area contributed by atoms with Gasteiger partial charge in [-0.3, -0.25) is 9.59 Å². The topological polar surface area (TPSA) is 49.9 Å². The maximum absolute atomic E-state index is 13.2. The Balaban J connectivity index is 1.46. The lowest BCUT2D eigenvalue weighted by atomic mass is 10.0. The molecule has 1 heterocycles. The lowest BCUT2D eigenvalue weighted by molar-refractivity contribution is -0.134. The van der Waals surface area contributed by atoms with Crippen LogP contribution in [0.25, 0.3) is 0 Å². The maximum atomic E-state index is 13.2. The summed E-state index contributed by atoms with van der Waals surface area (Å²) in [6.45, 7) is 2.10. The molecule has 7 heteroatoms. The number of halogens is 2. The monoisotopic (exact) mass is 510 g/mol. The van der Waals surface area contributed by atoms with Crippen LogP contribution >= 0.6 is 23.2 Å². The first kappa shape index (κ1) is 25.2. The Hall–Kier alpha value is -2.86. The quantitative estimate of drug-likeness (QED) is 0.402. The van der Waals surface area contributed by atoms with Crippen LogP contribution in [-0.4, -0.2) is 53.9 Å². The molecule has 1 saturated heterocycles. The van der Waals surface area contributed by atoms with Crippen LogP contribution in [0.5, 0.6) is 0 Å². The fourth-order valence-corrected chi connectivity index (χ4v) is 4.85. The molecule has 1 aliphatic rings. The van der Waals surface area contributed by atoms with Crippen molar-refractivity contribution in [2.75, 3.05) is 26.2 Å². The average Bonchev–Trinajstić information content (AvgIpc) is 3.05. The molecule has 3 aromatic carbocycles. The van der Waals surface area contributed by atoms with E-state index in [4.69, 9.17) is 27.9 Å². The fourth-order valence-electron chi connectivity index (χ4n) is 4.32. The van der Waals surface area contributed by atoms with Crippen molar-refractivity contribution in [1.29, 1.82) is 0 Å². The van der Waals surface area contributed by atoms with Crippen LogP contribution in [0.15, 0.2) is 78.9 Å². The molecule has 182 valence electrons. The molecule has 0 aliphatic carbocycles. The van der Waals surface area contributed by atoms with E-state index in [1.807, 2.05) is 53.4 Å². The van der Waals surface area contributed by atoms with Crippen molar-refractivity contribution in [3.05, 3.63) is 106 Å². The second kappa shape index (κ2) is 12.2. The summed E-state index contributed by atoms with van der Waals surface area (Å²) >= 11 is 12.2. The number of carbonyl (C=O) groups excluding carboxylic acids is 2. The summed E-state index contributed by atoms with van der Waals surface area (Å²) in [6, 6.07) is 24.8. The van der Waals surface area contributed by atoms with Gasteiger partial charge >= 0.3 is 0 Å². The Morgan fingerprint density at radius 1 is 0.857 bits per heavy atom. The summed E-state index contributed by atoms with van der Waals surface area (Å²) in [4.78, 5) is 29.9. The highest BCUT2D eigenvalue weighted by Crippen LogP contribution is 2.22.